The summed E-state index contributed by atoms with van der Waals surface area (Å²) in [6.07, 6.45) is 0. The number of fused-ring (bicyclic) bond motifs is 9. The Balaban J connectivity index is 0.638. The van der Waals surface area contributed by atoms with Crippen molar-refractivity contribution in [2.24, 2.45) is 0 Å². The molecule has 0 saturated carbocycles. The van der Waals surface area contributed by atoms with Gasteiger partial charge in [0.2, 0.25) is 0 Å². The minimum Gasteiger partial charge on any atom is -0.309 e. The molecule has 0 amide bonds. The van der Waals surface area contributed by atoms with Crippen LogP contribution in [0.1, 0.15) is 22.3 Å². The van der Waals surface area contributed by atoms with Gasteiger partial charge in [0, 0.05) is 32.8 Å². The third kappa shape index (κ3) is 8.17. The lowest BCUT2D eigenvalue weighted by molar-refractivity contribution is 0.769. The minimum absolute atomic E-state index is 0.429. The van der Waals surface area contributed by atoms with Gasteiger partial charge in [-0.15, -0.1) is 0 Å². The SMILES string of the molecule is c1ccc(-c2ccccc2-n2c3ccccc3c3cc(-c4ccc5c(c4)c4ccccc4n5-c4ccc(-c5cccc(-c6ccc(-c7ccc(-c8cccc(C9(c%10ccccc%10)c%10ccccc%10-c%10ccccc%109)c8)cc7)cc6)c5)cc4)ccc32)cc1. The van der Waals surface area contributed by atoms with E-state index in [4.69, 9.17) is 0 Å². The zero-order chi connectivity index (χ0) is 57.4. The fourth-order valence-corrected chi connectivity index (χ4v) is 14.4. The highest BCUT2D eigenvalue weighted by Crippen LogP contribution is 2.56. The average Bonchev–Trinajstić information content (AvgIpc) is 1.66. The standard InChI is InChI=1S/C85H56N2/c1-3-19-62(20-4-1)71-27-9-14-34-80(71)87-82-36-16-11-31-75(82)77-56-67(48-52-84(77)87)66-47-51-83-76(55-66)74-30-10-15-35-81(74)86(83)70-49-45-61(46-50-70)64-22-17-21-63(53-64)59-41-37-57(38-42-59)58-39-43-60(44-40-58)65-23-18-26-69(54-65)85(68-24-5-2-6-25-68)78-32-12-7-28-72(78)73-29-8-13-33-79(73)85/h1-56H. The van der Waals surface area contributed by atoms with Crippen LogP contribution in [0.25, 0.3) is 133 Å². The molecule has 0 radical (unpaired) electrons. The number of benzene rings is 14. The summed E-state index contributed by atoms with van der Waals surface area (Å²) in [4.78, 5) is 0. The molecule has 0 unspecified atom stereocenters. The van der Waals surface area contributed by atoms with Crippen LogP contribution >= 0.6 is 0 Å². The lowest BCUT2D eigenvalue weighted by Gasteiger charge is -2.34. The van der Waals surface area contributed by atoms with Gasteiger partial charge in [-0.05, 0) is 161 Å². The van der Waals surface area contributed by atoms with Crippen LogP contribution in [0.5, 0.6) is 0 Å². The van der Waals surface area contributed by atoms with E-state index >= 15 is 0 Å². The summed E-state index contributed by atoms with van der Waals surface area (Å²) in [5.74, 6) is 0. The van der Waals surface area contributed by atoms with Crippen molar-refractivity contribution < 1.29 is 0 Å². The quantitative estimate of drug-likeness (QED) is 0.129. The molecule has 2 nitrogen and oxygen atoms in total. The van der Waals surface area contributed by atoms with Crippen LogP contribution in [0, 0.1) is 0 Å². The molecule has 0 N–H and O–H groups in total. The summed E-state index contributed by atoms with van der Waals surface area (Å²) in [7, 11) is 0. The second kappa shape index (κ2) is 20.5. The second-order valence-corrected chi connectivity index (χ2v) is 23.1. The van der Waals surface area contributed by atoms with E-state index in [2.05, 4.69) is 349 Å². The predicted octanol–water partition coefficient (Wildman–Crippen LogP) is 22.2. The lowest BCUT2D eigenvalue weighted by Crippen LogP contribution is -2.28. The van der Waals surface area contributed by atoms with Crippen LogP contribution in [0.2, 0.25) is 0 Å². The monoisotopic (exact) mass is 1100 g/mol. The second-order valence-electron chi connectivity index (χ2n) is 23.1. The van der Waals surface area contributed by atoms with E-state index in [-0.39, 0.29) is 0 Å². The molecule has 2 aromatic heterocycles. The highest BCUT2D eigenvalue weighted by molar-refractivity contribution is 6.13. The maximum absolute atomic E-state index is 2.44. The number of aromatic nitrogens is 2. The van der Waals surface area contributed by atoms with Crippen LogP contribution in [0.3, 0.4) is 0 Å². The molecule has 0 fully saturated rings. The Labute approximate surface area is 506 Å². The number of hydrogen-bond donors (Lipinski definition) is 0. The Morgan fingerprint density at radius 2 is 0.563 bits per heavy atom. The topological polar surface area (TPSA) is 9.86 Å². The van der Waals surface area contributed by atoms with E-state index < -0.39 is 5.41 Å². The van der Waals surface area contributed by atoms with Crippen LogP contribution in [-0.2, 0) is 5.41 Å². The zero-order valence-corrected chi connectivity index (χ0v) is 47.7. The van der Waals surface area contributed by atoms with Crippen molar-refractivity contribution in [2.45, 2.75) is 5.41 Å². The predicted molar refractivity (Wildman–Crippen MR) is 365 cm³/mol. The summed E-state index contributed by atoms with van der Waals surface area (Å²) in [6.45, 7) is 0. The van der Waals surface area contributed by atoms with Crippen LogP contribution in [-0.4, -0.2) is 9.13 Å². The van der Waals surface area contributed by atoms with Gasteiger partial charge in [0.25, 0.3) is 0 Å². The molecule has 0 aliphatic heterocycles. The summed E-state index contributed by atoms with van der Waals surface area (Å²) < 4.78 is 4.85. The maximum atomic E-state index is 2.44. The van der Waals surface area contributed by atoms with E-state index in [1.807, 2.05) is 0 Å². The van der Waals surface area contributed by atoms with Gasteiger partial charge in [0.05, 0.1) is 33.2 Å². The molecule has 1 aliphatic carbocycles. The molecule has 0 spiro atoms. The van der Waals surface area contributed by atoms with Crippen LogP contribution in [0.15, 0.2) is 340 Å². The van der Waals surface area contributed by atoms with Gasteiger partial charge in [0.15, 0.2) is 0 Å². The van der Waals surface area contributed by atoms with Crippen LogP contribution < -0.4 is 0 Å². The van der Waals surface area contributed by atoms with Crippen molar-refractivity contribution in [3.63, 3.8) is 0 Å². The first kappa shape index (κ1) is 50.2. The number of rotatable bonds is 10. The first-order valence-electron chi connectivity index (χ1n) is 30.1. The van der Waals surface area contributed by atoms with Crippen molar-refractivity contribution in [1.82, 2.24) is 9.13 Å². The minimum atomic E-state index is -0.429. The van der Waals surface area contributed by atoms with Gasteiger partial charge in [-0.3, -0.25) is 0 Å². The highest BCUT2D eigenvalue weighted by atomic mass is 15.0. The third-order valence-electron chi connectivity index (χ3n) is 18.5. The molecule has 0 bridgehead atoms. The van der Waals surface area contributed by atoms with Crippen molar-refractivity contribution in [3.8, 4) is 89.3 Å². The highest BCUT2D eigenvalue weighted by Gasteiger charge is 2.46. The van der Waals surface area contributed by atoms with Crippen molar-refractivity contribution in [3.05, 3.63) is 362 Å². The Hall–Kier alpha value is -11.3. The van der Waals surface area contributed by atoms with Crippen LogP contribution in [0.4, 0.5) is 0 Å². The molecule has 1 aliphatic rings. The zero-order valence-electron chi connectivity index (χ0n) is 47.7. The van der Waals surface area contributed by atoms with Crippen molar-refractivity contribution in [1.29, 1.82) is 0 Å². The summed E-state index contributed by atoms with van der Waals surface area (Å²) in [5.41, 5.74) is 28.8. The molecular formula is C85H56N2. The molecule has 2 heteroatoms. The van der Waals surface area contributed by atoms with E-state index in [9.17, 15) is 0 Å². The van der Waals surface area contributed by atoms with Gasteiger partial charge in [-0.1, -0.05) is 273 Å². The Bertz CT molecular complexity index is 5250. The molecule has 0 saturated heterocycles. The van der Waals surface area contributed by atoms with Gasteiger partial charge < -0.3 is 9.13 Å². The molecular weight excluding hydrogens is 1050 g/mol. The summed E-state index contributed by atoms with van der Waals surface area (Å²) in [5, 5.41) is 4.95. The molecule has 0 atom stereocenters. The van der Waals surface area contributed by atoms with E-state index in [0.29, 0.717) is 0 Å². The Morgan fingerprint density at radius 3 is 1.14 bits per heavy atom. The normalized spacial score (nSPS) is 12.5. The average molecular weight is 1110 g/mol. The van der Waals surface area contributed by atoms with Gasteiger partial charge >= 0.3 is 0 Å². The van der Waals surface area contributed by atoms with Gasteiger partial charge in [-0.25, -0.2) is 0 Å². The van der Waals surface area contributed by atoms with E-state index in [1.165, 1.54) is 149 Å². The lowest BCUT2D eigenvalue weighted by atomic mass is 9.67. The molecule has 17 rings (SSSR count). The molecule has 16 aromatic rings. The van der Waals surface area contributed by atoms with Crippen molar-refractivity contribution >= 4 is 43.6 Å². The van der Waals surface area contributed by atoms with Gasteiger partial charge in [-0.2, -0.15) is 0 Å². The Morgan fingerprint density at radius 1 is 0.195 bits per heavy atom. The number of hydrogen-bond acceptors (Lipinski definition) is 0. The first-order valence-corrected chi connectivity index (χ1v) is 30.1. The molecule has 14 aromatic carbocycles. The fraction of sp³-hybridized carbons (Fsp3) is 0.0118. The van der Waals surface area contributed by atoms with Crippen molar-refractivity contribution in [2.75, 3.05) is 0 Å². The number of para-hydroxylation sites is 3. The largest absolute Gasteiger partial charge is 0.309 e. The van der Waals surface area contributed by atoms with Gasteiger partial charge in [0.1, 0.15) is 0 Å². The molecule has 406 valence electrons. The first-order chi connectivity index (χ1) is 43.1. The van der Waals surface area contributed by atoms with E-state index in [0.717, 1.165) is 5.69 Å². The fourth-order valence-electron chi connectivity index (χ4n) is 14.4. The van der Waals surface area contributed by atoms with E-state index in [1.54, 1.807) is 0 Å². The molecule has 87 heavy (non-hydrogen) atoms. The number of nitrogens with zero attached hydrogens (tertiary/aromatic N) is 2. The summed E-state index contributed by atoms with van der Waals surface area (Å²) in [6, 6.07) is 125. The maximum Gasteiger partial charge on any atom is 0.0713 e. The smallest absolute Gasteiger partial charge is 0.0713 e. The molecule has 2 heterocycles. The summed E-state index contributed by atoms with van der Waals surface area (Å²) >= 11 is 0. The third-order valence-corrected chi connectivity index (χ3v) is 18.5. The Kier molecular flexibility index (Phi) is 11.8.